The fourth-order valence-electron chi connectivity index (χ4n) is 2.44. The van der Waals surface area contributed by atoms with Crippen LogP contribution in [0, 0.1) is 18.8 Å². The lowest BCUT2D eigenvalue weighted by Crippen LogP contribution is -2.34. The first-order valence-corrected chi connectivity index (χ1v) is 6.91. The Hall–Kier alpha value is -0.940. The highest BCUT2D eigenvalue weighted by Crippen LogP contribution is 2.31. The molecule has 0 saturated heterocycles. The van der Waals surface area contributed by atoms with Crippen LogP contribution in [0.5, 0.6) is 0 Å². The van der Waals surface area contributed by atoms with E-state index in [9.17, 15) is 4.79 Å². The van der Waals surface area contributed by atoms with E-state index in [1.54, 1.807) is 11.3 Å². The smallest absolute Gasteiger partial charge is 0.223 e. The van der Waals surface area contributed by atoms with Crippen molar-refractivity contribution in [1.29, 1.82) is 0 Å². The van der Waals surface area contributed by atoms with Gasteiger partial charge in [-0.3, -0.25) is 4.79 Å². The summed E-state index contributed by atoms with van der Waals surface area (Å²) in [4.78, 5) is 17.4. The number of aryl methyl sites for hydroxylation is 1. The van der Waals surface area contributed by atoms with Crippen molar-refractivity contribution in [2.75, 3.05) is 6.54 Å². The lowest BCUT2D eigenvalue weighted by atomic mass is 9.95. The largest absolute Gasteiger partial charge is 0.349 e. The van der Waals surface area contributed by atoms with Gasteiger partial charge in [0, 0.05) is 17.0 Å². The Balaban J connectivity index is 1.84. The number of carbonyl (C=O) groups excluding carboxylic acids is 1. The zero-order chi connectivity index (χ0) is 12.3. The van der Waals surface area contributed by atoms with Gasteiger partial charge >= 0.3 is 0 Å². The molecule has 0 aliphatic heterocycles. The minimum atomic E-state index is 0.112. The summed E-state index contributed by atoms with van der Waals surface area (Å²) in [6.07, 6.45) is 5.02. The molecule has 0 radical (unpaired) electrons. The SMILES string of the molecule is Cc1cnc(CNC(=O)C2CCCC2CN)s1. The molecule has 1 heterocycles. The van der Waals surface area contributed by atoms with Crippen LogP contribution in [0.3, 0.4) is 0 Å². The summed E-state index contributed by atoms with van der Waals surface area (Å²) in [5.41, 5.74) is 5.68. The molecule has 1 aromatic rings. The van der Waals surface area contributed by atoms with Gasteiger partial charge in [-0.15, -0.1) is 11.3 Å². The Kier molecular flexibility index (Phi) is 4.12. The molecular weight excluding hydrogens is 234 g/mol. The Morgan fingerprint density at radius 2 is 2.47 bits per heavy atom. The van der Waals surface area contributed by atoms with Gasteiger partial charge in [-0.05, 0) is 32.2 Å². The average Bonchev–Trinajstić information content (AvgIpc) is 2.94. The number of amides is 1. The molecule has 1 aliphatic carbocycles. The lowest BCUT2D eigenvalue weighted by Gasteiger charge is -2.16. The summed E-state index contributed by atoms with van der Waals surface area (Å²) < 4.78 is 0. The van der Waals surface area contributed by atoms with Crippen molar-refractivity contribution in [2.45, 2.75) is 32.7 Å². The fraction of sp³-hybridized carbons (Fsp3) is 0.667. The maximum Gasteiger partial charge on any atom is 0.223 e. The Morgan fingerprint density at radius 1 is 1.65 bits per heavy atom. The van der Waals surface area contributed by atoms with Gasteiger partial charge in [0.1, 0.15) is 5.01 Å². The first-order chi connectivity index (χ1) is 8.20. The van der Waals surface area contributed by atoms with E-state index in [0.29, 0.717) is 19.0 Å². The van der Waals surface area contributed by atoms with Crippen LogP contribution in [0.2, 0.25) is 0 Å². The first kappa shape index (κ1) is 12.5. The molecule has 2 rings (SSSR count). The van der Waals surface area contributed by atoms with Crippen LogP contribution in [0.4, 0.5) is 0 Å². The van der Waals surface area contributed by atoms with Gasteiger partial charge in [0.2, 0.25) is 5.91 Å². The second kappa shape index (κ2) is 5.60. The van der Waals surface area contributed by atoms with Crippen molar-refractivity contribution < 1.29 is 4.79 Å². The quantitative estimate of drug-likeness (QED) is 0.853. The van der Waals surface area contributed by atoms with E-state index in [4.69, 9.17) is 5.73 Å². The van der Waals surface area contributed by atoms with E-state index < -0.39 is 0 Å². The predicted octanol–water partition coefficient (Wildman–Crippen LogP) is 1.44. The number of hydrogen-bond donors (Lipinski definition) is 2. The molecule has 4 nitrogen and oxygen atoms in total. The minimum absolute atomic E-state index is 0.112. The van der Waals surface area contributed by atoms with Crippen molar-refractivity contribution in [3.8, 4) is 0 Å². The van der Waals surface area contributed by atoms with E-state index in [-0.39, 0.29) is 11.8 Å². The normalized spacial score (nSPS) is 23.9. The molecule has 0 spiro atoms. The molecule has 1 aliphatic rings. The second-order valence-electron chi connectivity index (χ2n) is 4.62. The van der Waals surface area contributed by atoms with Crippen LogP contribution in [-0.2, 0) is 11.3 Å². The number of nitrogens with two attached hydrogens (primary N) is 1. The highest BCUT2D eigenvalue weighted by Gasteiger charge is 2.31. The highest BCUT2D eigenvalue weighted by atomic mass is 32.1. The Labute approximate surface area is 106 Å². The van der Waals surface area contributed by atoms with Crippen LogP contribution in [0.15, 0.2) is 6.20 Å². The fourth-order valence-corrected chi connectivity index (χ4v) is 3.17. The third-order valence-corrected chi connectivity index (χ3v) is 4.29. The minimum Gasteiger partial charge on any atom is -0.349 e. The number of nitrogens with zero attached hydrogens (tertiary/aromatic N) is 1. The van der Waals surface area contributed by atoms with E-state index in [1.807, 2.05) is 13.1 Å². The monoisotopic (exact) mass is 253 g/mol. The van der Waals surface area contributed by atoms with Gasteiger partial charge in [-0.25, -0.2) is 4.98 Å². The molecule has 1 aromatic heterocycles. The maximum absolute atomic E-state index is 12.0. The van der Waals surface area contributed by atoms with Gasteiger partial charge in [0.25, 0.3) is 0 Å². The first-order valence-electron chi connectivity index (χ1n) is 6.09. The van der Waals surface area contributed by atoms with Crippen LogP contribution < -0.4 is 11.1 Å². The standard InChI is InChI=1S/C12H19N3OS/c1-8-6-14-11(17-8)7-15-12(16)10-4-2-3-9(10)5-13/h6,9-10H,2-5,7,13H2,1H3,(H,15,16). The van der Waals surface area contributed by atoms with Gasteiger partial charge in [-0.1, -0.05) is 6.42 Å². The molecule has 0 aromatic carbocycles. The molecule has 2 atom stereocenters. The third-order valence-electron chi connectivity index (χ3n) is 3.38. The molecule has 1 saturated carbocycles. The predicted molar refractivity (Wildman–Crippen MR) is 68.6 cm³/mol. The van der Waals surface area contributed by atoms with E-state index in [2.05, 4.69) is 10.3 Å². The topological polar surface area (TPSA) is 68.0 Å². The molecule has 0 bridgehead atoms. The van der Waals surface area contributed by atoms with Crippen molar-refractivity contribution in [3.63, 3.8) is 0 Å². The van der Waals surface area contributed by atoms with Crippen molar-refractivity contribution in [3.05, 3.63) is 16.1 Å². The van der Waals surface area contributed by atoms with Gasteiger partial charge in [0.05, 0.1) is 6.54 Å². The lowest BCUT2D eigenvalue weighted by molar-refractivity contribution is -0.126. The zero-order valence-corrected chi connectivity index (χ0v) is 10.9. The summed E-state index contributed by atoms with van der Waals surface area (Å²) in [7, 11) is 0. The molecule has 2 unspecified atom stereocenters. The number of aromatic nitrogens is 1. The van der Waals surface area contributed by atoms with Crippen molar-refractivity contribution >= 4 is 17.2 Å². The molecule has 3 N–H and O–H groups in total. The summed E-state index contributed by atoms with van der Waals surface area (Å²) in [6.45, 7) is 3.18. The molecule has 94 valence electrons. The molecule has 1 amide bonds. The highest BCUT2D eigenvalue weighted by molar-refractivity contribution is 7.11. The van der Waals surface area contributed by atoms with Crippen LogP contribution >= 0.6 is 11.3 Å². The van der Waals surface area contributed by atoms with Crippen LogP contribution in [0.25, 0.3) is 0 Å². The van der Waals surface area contributed by atoms with Crippen LogP contribution in [0.1, 0.15) is 29.1 Å². The van der Waals surface area contributed by atoms with Gasteiger partial charge < -0.3 is 11.1 Å². The van der Waals surface area contributed by atoms with Gasteiger partial charge in [0.15, 0.2) is 0 Å². The van der Waals surface area contributed by atoms with E-state index in [1.165, 1.54) is 4.88 Å². The summed E-state index contributed by atoms with van der Waals surface area (Å²) in [6, 6.07) is 0. The Morgan fingerprint density at radius 3 is 3.12 bits per heavy atom. The summed E-state index contributed by atoms with van der Waals surface area (Å²) in [5.74, 6) is 0.625. The number of thiazole rings is 1. The number of rotatable bonds is 4. The van der Waals surface area contributed by atoms with E-state index >= 15 is 0 Å². The maximum atomic E-state index is 12.0. The Bertz CT molecular complexity index is 391. The second-order valence-corrected chi connectivity index (χ2v) is 5.93. The van der Waals surface area contributed by atoms with Gasteiger partial charge in [-0.2, -0.15) is 0 Å². The zero-order valence-electron chi connectivity index (χ0n) is 10.1. The molecule has 17 heavy (non-hydrogen) atoms. The number of hydrogen-bond acceptors (Lipinski definition) is 4. The summed E-state index contributed by atoms with van der Waals surface area (Å²) >= 11 is 1.63. The molecular formula is C12H19N3OS. The average molecular weight is 253 g/mol. The van der Waals surface area contributed by atoms with Crippen molar-refractivity contribution in [1.82, 2.24) is 10.3 Å². The molecule has 1 fully saturated rings. The van der Waals surface area contributed by atoms with Crippen LogP contribution in [-0.4, -0.2) is 17.4 Å². The van der Waals surface area contributed by atoms with Crippen molar-refractivity contribution in [2.24, 2.45) is 17.6 Å². The number of carbonyl (C=O) groups is 1. The third kappa shape index (κ3) is 3.04. The van der Waals surface area contributed by atoms with E-state index in [0.717, 1.165) is 24.3 Å². The summed E-state index contributed by atoms with van der Waals surface area (Å²) in [5, 5.41) is 3.94. The molecule has 5 heteroatoms. The number of nitrogens with one attached hydrogen (secondary N) is 1.